The van der Waals surface area contributed by atoms with Gasteiger partial charge in [0.15, 0.2) is 0 Å². The maximum Gasteiger partial charge on any atom is 0.416 e. The van der Waals surface area contributed by atoms with E-state index in [1.54, 1.807) is 0 Å². The molecule has 2 aromatic carbocycles. The summed E-state index contributed by atoms with van der Waals surface area (Å²) >= 11 is 0. The summed E-state index contributed by atoms with van der Waals surface area (Å²) in [6.45, 7) is 0. The lowest BCUT2D eigenvalue weighted by atomic mass is 9.96. The number of carboxylic acids is 1. The Hall–Kier alpha value is -2.83. The van der Waals surface area contributed by atoms with Crippen LogP contribution in [0.1, 0.15) is 26.3 Å². The fraction of sp³-hybridized carbons (Fsp3) is 0.125. The predicted octanol–water partition coefficient (Wildman–Crippen LogP) is 3.86. The molecule has 2 aromatic rings. The molecule has 0 saturated heterocycles. The van der Waals surface area contributed by atoms with Crippen molar-refractivity contribution in [2.75, 3.05) is 7.11 Å². The van der Waals surface area contributed by atoms with Crippen LogP contribution < -0.4 is 0 Å². The zero-order valence-electron chi connectivity index (χ0n) is 11.8. The van der Waals surface area contributed by atoms with E-state index in [0.29, 0.717) is 5.56 Å². The van der Waals surface area contributed by atoms with Crippen LogP contribution in [0.2, 0.25) is 0 Å². The summed E-state index contributed by atoms with van der Waals surface area (Å²) in [5.74, 6) is -2.00. The van der Waals surface area contributed by atoms with Gasteiger partial charge in [0.05, 0.1) is 23.8 Å². The highest BCUT2D eigenvalue weighted by Crippen LogP contribution is 2.32. The van der Waals surface area contributed by atoms with Gasteiger partial charge in [-0.2, -0.15) is 13.2 Å². The highest BCUT2D eigenvalue weighted by atomic mass is 19.4. The van der Waals surface area contributed by atoms with Gasteiger partial charge in [0.1, 0.15) is 0 Å². The van der Waals surface area contributed by atoms with E-state index in [9.17, 15) is 22.8 Å². The van der Waals surface area contributed by atoms with Crippen LogP contribution in [-0.2, 0) is 10.9 Å². The Morgan fingerprint density at radius 3 is 2.13 bits per heavy atom. The van der Waals surface area contributed by atoms with Crippen molar-refractivity contribution >= 4 is 11.9 Å². The van der Waals surface area contributed by atoms with E-state index in [0.717, 1.165) is 25.3 Å². The molecule has 0 radical (unpaired) electrons. The zero-order chi connectivity index (χ0) is 17.2. The molecular formula is C16H11F3O4. The summed E-state index contributed by atoms with van der Waals surface area (Å²) in [6, 6.07) is 7.96. The van der Waals surface area contributed by atoms with Crippen molar-refractivity contribution in [2.45, 2.75) is 6.18 Å². The van der Waals surface area contributed by atoms with Crippen LogP contribution in [0.3, 0.4) is 0 Å². The van der Waals surface area contributed by atoms with Gasteiger partial charge in [0.25, 0.3) is 0 Å². The second-order valence-corrected chi connectivity index (χ2v) is 4.63. The molecule has 2 rings (SSSR count). The van der Waals surface area contributed by atoms with Crippen LogP contribution in [0, 0.1) is 0 Å². The van der Waals surface area contributed by atoms with Crippen LogP contribution in [0.15, 0.2) is 42.5 Å². The number of hydrogen-bond donors (Lipinski definition) is 1. The predicted molar refractivity (Wildman–Crippen MR) is 75.2 cm³/mol. The lowest BCUT2D eigenvalue weighted by molar-refractivity contribution is -0.137. The van der Waals surface area contributed by atoms with Gasteiger partial charge in [-0.05, 0) is 35.4 Å². The van der Waals surface area contributed by atoms with Gasteiger partial charge in [-0.25, -0.2) is 9.59 Å². The number of aromatic carboxylic acids is 1. The molecular weight excluding hydrogens is 313 g/mol. The number of rotatable bonds is 3. The minimum Gasteiger partial charge on any atom is -0.478 e. The molecule has 1 N–H and O–H groups in total. The highest BCUT2D eigenvalue weighted by molar-refractivity contribution is 6.00. The number of carbonyl (C=O) groups excluding carboxylic acids is 1. The van der Waals surface area contributed by atoms with Crippen molar-refractivity contribution < 1.29 is 32.6 Å². The summed E-state index contributed by atoms with van der Waals surface area (Å²) < 4.78 is 42.4. The molecule has 23 heavy (non-hydrogen) atoms. The molecule has 7 heteroatoms. The largest absolute Gasteiger partial charge is 0.478 e. The van der Waals surface area contributed by atoms with E-state index in [4.69, 9.17) is 5.11 Å². The number of halogens is 3. The molecule has 0 aliphatic heterocycles. The molecule has 120 valence electrons. The number of ether oxygens (including phenoxy) is 1. The maximum absolute atomic E-state index is 12.6. The Kier molecular flexibility index (Phi) is 4.40. The van der Waals surface area contributed by atoms with Gasteiger partial charge in [0.2, 0.25) is 0 Å². The minimum absolute atomic E-state index is 0.0350. The van der Waals surface area contributed by atoms with Crippen LogP contribution in [0.5, 0.6) is 0 Å². The van der Waals surface area contributed by atoms with Gasteiger partial charge < -0.3 is 9.84 Å². The molecule has 0 amide bonds. The SMILES string of the molecule is COC(=O)c1cc(C(=O)O)ccc1-c1ccc(C(F)(F)F)cc1. The molecule has 0 bridgehead atoms. The molecule has 0 atom stereocenters. The van der Waals surface area contributed by atoms with Crippen molar-refractivity contribution in [2.24, 2.45) is 0 Å². The Morgan fingerprint density at radius 2 is 1.65 bits per heavy atom. The third-order valence-corrected chi connectivity index (χ3v) is 3.20. The fourth-order valence-electron chi connectivity index (χ4n) is 2.05. The molecule has 0 aliphatic carbocycles. The molecule has 0 fully saturated rings. The lowest BCUT2D eigenvalue weighted by Crippen LogP contribution is -2.07. The first kappa shape index (κ1) is 16.5. The molecule has 0 heterocycles. The van der Waals surface area contributed by atoms with E-state index < -0.39 is 23.7 Å². The second kappa shape index (κ2) is 6.12. The normalized spacial score (nSPS) is 11.1. The standard InChI is InChI=1S/C16H11F3O4/c1-23-15(22)13-8-10(14(20)21)4-7-12(13)9-2-5-11(6-3-9)16(17,18)19/h2-8H,1H3,(H,20,21). The average molecular weight is 324 g/mol. The zero-order valence-corrected chi connectivity index (χ0v) is 11.8. The van der Waals surface area contributed by atoms with Gasteiger partial charge >= 0.3 is 18.1 Å². The van der Waals surface area contributed by atoms with Gasteiger partial charge in [-0.15, -0.1) is 0 Å². The van der Waals surface area contributed by atoms with Crippen molar-refractivity contribution in [1.82, 2.24) is 0 Å². The topological polar surface area (TPSA) is 63.6 Å². The Balaban J connectivity index is 2.54. The Morgan fingerprint density at radius 1 is 1.04 bits per heavy atom. The summed E-state index contributed by atoms with van der Waals surface area (Å²) in [6.07, 6.45) is -4.46. The van der Waals surface area contributed by atoms with Gasteiger partial charge in [-0.3, -0.25) is 0 Å². The van der Waals surface area contributed by atoms with E-state index in [1.165, 1.54) is 24.3 Å². The molecule has 0 saturated carbocycles. The van der Waals surface area contributed by atoms with Crippen LogP contribution in [-0.4, -0.2) is 24.2 Å². The lowest BCUT2D eigenvalue weighted by Gasteiger charge is -2.11. The molecule has 0 spiro atoms. The first-order valence-electron chi connectivity index (χ1n) is 6.37. The second-order valence-electron chi connectivity index (χ2n) is 4.63. The van der Waals surface area contributed by atoms with E-state index in [1.807, 2.05) is 0 Å². The van der Waals surface area contributed by atoms with Crippen LogP contribution >= 0.6 is 0 Å². The third kappa shape index (κ3) is 3.50. The minimum atomic E-state index is -4.46. The quantitative estimate of drug-likeness (QED) is 0.871. The summed E-state index contributed by atoms with van der Waals surface area (Å²) in [5.41, 5.74) is -0.345. The Labute approximate surface area is 129 Å². The molecule has 0 aliphatic rings. The van der Waals surface area contributed by atoms with E-state index in [-0.39, 0.29) is 16.7 Å². The van der Waals surface area contributed by atoms with Gasteiger partial charge in [-0.1, -0.05) is 18.2 Å². The first-order valence-corrected chi connectivity index (χ1v) is 6.37. The van der Waals surface area contributed by atoms with Crippen molar-refractivity contribution in [3.8, 4) is 11.1 Å². The maximum atomic E-state index is 12.6. The number of esters is 1. The Bertz CT molecular complexity index is 749. The fourth-order valence-corrected chi connectivity index (χ4v) is 2.05. The number of carbonyl (C=O) groups is 2. The van der Waals surface area contributed by atoms with Crippen LogP contribution in [0.25, 0.3) is 11.1 Å². The molecule has 0 unspecified atom stereocenters. The third-order valence-electron chi connectivity index (χ3n) is 3.20. The average Bonchev–Trinajstić information content (AvgIpc) is 2.52. The van der Waals surface area contributed by atoms with E-state index in [2.05, 4.69) is 4.74 Å². The smallest absolute Gasteiger partial charge is 0.416 e. The highest BCUT2D eigenvalue weighted by Gasteiger charge is 2.30. The number of alkyl halides is 3. The summed E-state index contributed by atoms with van der Waals surface area (Å²) in [5, 5.41) is 8.97. The number of benzene rings is 2. The number of methoxy groups -OCH3 is 1. The van der Waals surface area contributed by atoms with Gasteiger partial charge in [0, 0.05) is 0 Å². The first-order chi connectivity index (χ1) is 10.7. The summed E-state index contributed by atoms with van der Waals surface area (Å²) in [4.78, 5) is 22.8. The molecule has 0 aromatic heterocycles. The van der Waals surface area contributed by atoms with Crippen LogP contribution in [0.4, 0.5) is 13.2 Å². The van der Waals surface area contributed by atoms with Crippen molar-refractivity contribution in [1.29, 1.82) is 0 Å². The van der Waals surface area contributed by atoms with Crippen molar-refractivity contribution in [3.63, 3.8) is 0 Å². The monoisotopic (exact) mass is 324 g/mol. The van der Waals surface area contributed by atoms with Crippen molar-refractivity contribution in [3.05, 3.63) is 59.2 Å². The number of hydrogen-bond acceptors (Lipinski definition) is 3. The van der Waals surface area contributed by atoms with E-state index >= 15 is 0 Å². The summed E-state index contributed by atoms with van der Waals surface area (Å²) in [7, 11) is 1.13. The molecule has 4 nitrogen and oxygen atoms in total. The number of carboxylic acid groups (broad SMARTS) is 1.